The second-order valence-corrected chi connectivity index (χ2v) is 8.22. The number of rotatable bonds is 8. The number of carbonyl (C=O) groups is 2. The van der Waals surface area contributed by atoms with Crippen molar-refractivity contribution < 1.29 is 14.0 Å². The van der Waals surface area contributed by atoms with Crippen molar-refractivity contribution in [2.45, 2.75) is 57.4 Å². The van der Waals surface area contributed by atoms with Gasteiger partial charge in [-0.3, -0.25) is 4.79 Å². The fourth-order valence-corrected chi connectivity index (χ4v) is 4.17. The van der Waals surface area contributed by atoms with E-state index in [1.54, 1.807) is 12.1 Å². The summed E-state index contributed by atoms with van der Waals surface area (Å²) >= 11 is 0. The van der Waals surface area contributed by atoms with Crippen molar-refractivity contribution in [3.05, 3.63) is 30.1 Å². The molecule has 1 saturated heterocycles. The Morgan fingerprint density at radius 3 is 2.55 bits per heavy atom. The highest BCUT2D eigenvalue weighted by molar-refractivity contribution is 5.76. The maximum absolute atomic E-state index is 13.0. The molecule has 2 fully saturated rings. The first kappa shape index (κ1) is 21.4. The smallest absolute Gasteiger partial charge is 0.315 e. The number of hydrogen-bond acceptors (Lipinski definition) is 3. The van der Waals surface area contributed by atoms with Gasteiger partial charge in [0.25, 0.3) is 0 Å². The highest BCUT2D eigenvalue weighted by Crippen LogP contribution is 2.23. The van der Waals surface area contributed by atoms with Gasteiger partial charge < -0.3 is 20.9 Å². The van der Waals surface area contributed by atoms with E-state index in [-0.39, 0.29) is 17.8 Å². The van der Waals surface area contributed by atoms with Gasteiger partial charge in [0.2, 0.25) is 5.91 Å². The number of benzene rings is 1. The number of nitrogens with zero attached hydrogens (tertiary/aromatic N) is 1. The van der Waals surface area contributed by atoms with Crippen molar-refractivity contribution in [1.82, 2.24) is 16.0 Å². The molecule has 0 bridgehead atoms. The van der Waals surface area contributed by atoms with Crippen molar-refractivity contribution >= 4 is 17.6 Å². The number of urea groups is 1. The summed E-state index contributed by atoms with van der Waals surface area (Å²) in [5, 5.41) is 8.87. The summed E-state index contributed by atoms with van der Waals surface area (Å²) in [7, 11) is 0. The molecule has 0 aromatic heterocycles. The largest absolute Gasteiger partial charge is 0.371 e. The van der Waals surface area contributed by atoms with Crippen molar-refractivity contribution in [1.29, 1.82) is 0 Å². The third-order valence-corrected chi connectivity index (χ3v) is 5.87. The molecule has 3 rings (SSSR count). The molecule has 1 aromatic carbocycles. The molecule has 1 unspecified atom stereocenters. The molecule has 1 aliphatic carbocycles. The van der Waals surface area contributed by atoms with Crippen LogP contribution in [0.25, 0.3) is 0 Å². The van der Waals surface area contributed by atoms with Crippen LogP contribution in [-0.2, 0) is 4.79 Å². The van der Waals surface area contributed by atoms with Gasteiger partial charge in [-0.15, -0.1) is 0 Å². The molecule has 1 saturated carbocycles. The third kappa shape index (κ3) is 7.22. The lowest BCUT2D eigenvalue weighted by atomic mass is 9.96. The Hall–Kier alpha value is -2.31. The fourth-order valence-electron chi connectivity index (χ4n) is 4.17. The predicted octanol–water partition coefficient (Wildman–Crippen LogP) is 3.18. The molecule has 7 heteroatoms. The minimum Gasteiger partial charge on any atom is -0.371 e. The van der Waals surface area contributed by atoms with E-state index in [0.717, 1.165) is 38.0 Å². The van der Waals surface area contributed by atoms with Crippen LogP contribution in [0.15, 0.2) is 24.3 Å². The highest BCUT2D eigenvalue weighted by Gasteiger charge is 2.23. The summed E-state index contributed by atoms with van der Waals surface area (Å²) in [5.41, 5.74) is 1.03. The number of hydrogen-bond donors (Lipinski definition) is 3. The van der Waals surface area contributed by atoms with Crippen LogP contribution in [-0.4, -0.2) is 44.2 Å². The first-order chi connectivity index (χ1) is 14.1. The van der Waals surface area contributed by atoms with Crippen molar-refractivity contribution in [3.63, 3.8) is 0 Å². The molecule has 160 valence electrons. The topological polar surface area (TPSA) is 73.5 Å². The van der Waals surface area contributed by atoms with Gasteiger partial charge in [0.1, 0.15) is 5.82 Å². The molecule has 6 nitrogen and oxygen atoms in total. The molecule has 0 radical (unpaired) electrons. The van der Waals surface area contributed by atoms with Crippen LogP contribution in [0.3, 0.4) is 0 Å². The van der Waals surface area contributed by atoms with E-state index < -0.39 is 0 Å². The molecular weight excluding hydrogens is 371 g/mol. The summed E-state index contributed by atoms with van der Waals surface area (Å²) in [4.78, 5) is 26.2. The van der Waals surface area contributed by atoms with Crippen LogP contribution in [0.5, 0.6) is 0 Å². The molecule has 1 aliphatic heterocycles. The van der Waals surface area contributed by atoms with Crippen molar-refractivity contribution in [2.24, 2.45) is 5.92 Å². The highest BCUT2D eigenvalue weighted by atomic mass is 19.1. The second kappa shape index (κ2) is 11.0. The average molecular weight is 405 g/mol. The van der Waals surface area contributed by atoms with Gasteiger partial charge in [0, 0.05) is 44.3 Å². The predicted molar refractivity (Wildman–Crippen MR) is 112 cm³/mol. The SMILES string of the molecule is O=C(CCCNC(=O)NC1CCCCC1)NCC1CCN(c2ccc(F)cc2)C1. The van der Waals surface area contributed by atoms with Crippen LogP contribution >= 0.6 is 0 Å². The summed E-state index contributed by atoms with van der Waals surface area (Å²) in [6, 6.07) is 6.74. The lowest BCUT2D eigenvalue weighted by Crippen LogP contribution is -2.43. The Morgan fingerprint density at radius 2 is 1.79 bits per heavy atom. The van der Waals surface area contributed by atoms with Crippen LogP contribution in [0, 0.1) is 11.7 Å². The summed E-state index contributed by atoms with van der Waals surface area (Å²) < 4.78 is 13.0. The summed E-state index contributed by atoms with van der Waals surface area (Å²) in [5.74, 6) is 0.209. The van der Waals surface area contributed by atoms with E-state index in [1.807, 2.05) is 0 Å². The molecule has 3 amide bonds. The van der Waals surface area contributed by atoms with E-state index in [0.29, 0.717) is 37.9 Å². The van der Waals surface area contributed by atoms with E-state index in [2.05, 4.69) is 20.9 Å². The fraction of sp³-hybridized carbons (Fsp3) is 0.636. The molecule has 3 N–H and O–H groups in total. The monoisotopic (exact) mass is 404 g/mol. The van der Waals surface area contributed by atoms with Crippen LogP contribution in [0.1, 0.15) is 51.4 Å². The zero-order valence-electron chi connectivity index (χ0n) is 17.1. The van der Waals surface area contributed by atoms with Crippen LogP contribution < -0.4 is 20.9 Å². The molecule has 1 atom stereocenters. The van der Waals surface area contributed by atoms with Gasteiger partial charge in [-0.05, 0) is 55.9 Å². The standard InChI is InChI=1S/C22H33FN4O2/c23-18-8-10-20(11-9-18)27-14-12-17(16-27)15-25-21(28)7-4-13-24-22(29)26-19-5-2-1-3-6-19/h8-11,17,19H,1-7,12-16H2,(H,25,28)(H2,24,26,29). The Labute approximate surface area is 172 Å². The quantitative estimate of drug-likeness (QED) is 0.583. The van der Waals surface area contributed by atoms with E-state index >= 15 is 0 Å². The molecule has 29 heavy (non-hydrogen) atoms. The van der Waals surface area contributed by atoms with Crippen LogP contribution in [0.4, 0.5) is 14.9 Å². The second-order valence-electron chi connectivity index (χ2n) is 8.22. The van der Waals surface area contributed by atoms with E-state index in [9.17, 15) is 14.0 Å². The van der Waals surface area contributed by atoms with E-state index in [4.69, 9.17) is 0 Å². The van der Waals surface area contributed by atoms with Gasteiger partial charge in [-0.25, -0.2) is 9.18 Å². The number of carbonyl (C=O) groups excluding carboxylic acids is 2. The number of anilines is 1. The Morgan fingerprint density at radius 1 is 1.03 bits per heavy atom. The molecule has 2 aliphatic rings. The zero-order chi connectivity index (χ0) is 20.5. The first-order valence-corrected chi connectivity index (χ1v) is 10.9. The summed E-state index contributed by atoms with van der Waals surface area (Å²) in [6.07, 6.45) is 7.84. The zero-order valence-corrected chi connectivity index (χ0v) is 17.1. The van der Waals surface area contributed by atoms with Gasteiger partial charge in [0.05, 0.1) is 0 Å². The Kier molecular flexibility index (Phi) is 8.14. The van der Waals surface area contributed by atoms with E-state index in [1.165, 1.54) is 31.4 Å². The maximum atomic E-state index is 13.0. The number of halogens is 1. The molecular formula is C22H33FN4O2. The number of amides is 3. The lowest BCUT2D eigenvalue weighted by Gasteiger charge is -2.22. The minimum atomic E-state index is -0.224. The normalized spacial score (nSPS) is 19.8. The van der Waals surface area contributed by atoms with Crippen molar-refractivity contribution in [2.75, 3.05) is 31.1 Å². The molecule has 0 spiro atoms. The lowest BCUT2D eigenvalue weighted by molar-refractivity contribution is -0.121. The summed E-state index contributed by atoms with van der Waals surface area (Å²) in [6.45, 7) is 2.96. The first-order valence-electron chi connectivity index (χ1n) is 10.9. The van der Waals surface area contributed by atoms with Crippen molar-refractivity contribution in [3.8, 4) is 0 Å². The van der Waals surface area contributed by atoms with Crippen LogP contribution in [0.2, 0.25) is 0 Å². The average Bonchev–Trinajstić information content (AvgIpc) is 3.20. The number of nitrogens with one attached hydrogen (secondary N) is 3. The Balaban J connectivity index is 1.24. The van der Waals surface area contributed by atoms with Gasteiger partial charge in [0.15, 0.2) is 0 Å². The maximum Gasteiger partial charge on any atom is 0.315 e. The third-order valence-electron chi connectivity index (χ3n) is 5.87. The van der Waals surface area contributed by atoms with Gasteiger partial charge in [-0.1, -0.05) is 19.3 Å². The minimum absolute atomic E-state index is 0.0275. The molecule has 1 heterocycles. The Bertz CT molecular complexity index is 661. The van der Waals surface area contributed by atoms with Gasteiger partial charge in [-0.2, -0.15) is 0 Å². The molecule has 1 aromatic rings. The van der Waals surface area contributed by atoms with Gasteiger partial charge >= 0.3 is 6.03 Å².